The lowest BCUT2D eigenvalue weighted by Gasteiger charge is -2.26. The Morgan fingerprint density at radius 3 is 2.58 bits per heavy atom. The number of morpholine rings is 1. The fourth-order valence-electron chi connectivity index (χ4n) is 2.83. The van der Waals surface area contributed by atoms with Crippen LogP contribution in [0.2, 0.25) is 0 Å². The van der Waals surface area contributed by atoms with Crippen molar-refractivity contribution in [2.24, 2.45) is 0 Å². The highest BCUT2D eigenvalue weighted by atomic mass is 16.5. The van der Waals surface area contributed by atoms with Crippen LogP contribution in [0.15, 0.2) is 40.8 Å². The van der Waals surface area contributed by atoms with Gasteiger partial charge in [-0.15, -0.1) is 0 Å². The third-order valence-electron chi connectivity index (χ3n) is 4.35. The van der Waals surface area contributed by atoms with Crippen LogP contribution < -0.4 is 5.32 Å². The smallest absolute Gasteiger partial charge is 0.134 e. The Morgan fingerprint density at radius 1 is 1.12 bits per heavy atom. The predicted octanol–water partition coefficient (Wildman–Crippen LogP) is 2.42. The van der Waals surface area contributed by atoms with Gasteiger partial charge in [-0.05, 0) is 24.6 Å². The summed E-state index contributed by atoms with van der Waals surface area (Å²) in [5, 5.41) is 13.0. The average Bonchev–Trinajstić information content (AvgIpc) is 3.09. The van der Waals surface area contributed by atoms with Crippen LogP contribution in [0, 0.1) is 0 Å². The summed E-state index contributed by atoms with van der Waals surface area (Å²) < 4.78 is 11.3. The van der Waals surface area contributed by atoms with Crippen molar-refractivity contribution in [1.82, 2.24) is 10.2 Å². The van der Waals surface area contributed by atoms with Gasteiger partial charge in [-0.25, -0.2) is 0 Å². The van der Waals surface area contributed by atoms with Gasteiger partial charge in [0, 0.05) is 31.7 Å². The molecule has 1 atom stereocenters. The third-order valence-corrected chi connectivity index (χ3v) is 4.35. The molecule has 1 unspecified atom stereocenters. The molecule has 0 radical (unpaired) electrons. The maximum atomic E-state index is 9.56. The lowest BCUT2D eigenvalue weighted by atomic mass is 10.1. The van der Waals surface area contributed by atoms with Gasteiger partial charge in [0.25, 0.3) is 0 Å². The molecule has 2 heterocycles. The summed E-state index contributed by atoms with van der Waals surface area (Å²) in [6, 6.07) is 11.8. The van der Waals surface area contributed by atoms with Crippen LogP contribution in [0.4, 0.5) is 0 Å². The molecule has 1 aromatic heterocycles. The van der Waals surface area contributed by atoms with E-state index in [1.807, 2.05) is 36.4 Å². The zero-order chi connectivity index (χ0) is 16.8. The lowest BCUT2D eigenvalue weighted by molar-refractivity contribution is 0.0383. The van der Waals surface area contributed by atoms with Gasteiger partial charge in [-0.1, -0.05) is 24.3 Å². The maximum Gasteiger partial charge on any atom is 0.134 e. The van der Waals surface area contributed by atoms with E-state index in [9.17, 15) is 5.11 Å². The number of furan rings is 1. The molecular weight excluding hydrogens is 304 g/mol. The first-order chi connectivity index (χ1) is 11.7. The maximum absolute atomic E-state index is 9.56. The van der Waals surface area contributed by atoms with Crippen molar-refractivity contribution in [2.45, 2.75) is 19.6 Å². The van der Waals surface area contributed by atoms with Crippen molar-refractivity contribution in [3.8, 4) is 11.3 Å². The quantitative estimate of drug-likeness (QED) is 0.764. The predicted molar refractivity (Wildman–Crippen MR) is 93.7 cm³/mol. The molecule has 2 N–H and O–H groups in total. The minimum atomic E-state index is -0.443. The second-order valence-corrected chi connectivity index (χ2v) is 6.19. The highest BCUT2D eigenvalue weighted by molar-refractivity contribution is 5.58. The third kappa shape index (κ3) is 4.68. The molecular formula is C19H26N2O3. The van der Waals surface area contributed by atoms with E-state index in [0.717, 1.165) is 68.6 Å². The van der Waals surface area contributed by atoms with E-state index in [-0.39, 0.29) is 0 Å². The van der Waals surface area contributed by atoms with Gasteiger partial charge in [-0.3, -0.25) is 4.90 Å². The highest BCUT2D eigenvalue weighted by Crippen LogP contribution is 2.24. The molecule has 2 aromatic rings. The summed E-state index contributed by atoms with van der Waals surface area (Å²) in [6.07, 6.45) is -0.443. The van der Waals surface area contributed by atoms with E-state index in [1.165, 1.54) is 0 Å². The van der Waals surface area contributed by atoms with Crippen LogP contribution in [0.25, 0.3) is 11.3 Å². The average molecular weight is 330 g/mol. The fourth-order valence-corrected chi connectivity index (χ4v) is 2.83. The number of aliphatic hydroxyl groups excluding tert-OH is 1. The summed E-state index contributed by atoms with van der Waals surface area (Å²) >= 11 is 0. The standard InChI is InChI=1S/C19H26N2O3/c1-15(22)16-2-4-17(5-3-16)19-7-6-18(24-19)14-20-8-9-21-10-12-23-13-11-21/h2-7,15,20,22H,8-14H2,1H3. The number of aliphatic hydroxyl groups is 1. The minimum Gasteiger partial charge on any atom is -0.460 e. The number of nitrogens with one attached hydrogen (secondary N) is 1. The van der Waals surface area contributed by atoms with Gasteiger partial charge >= 0.3 is 0 Å². The van der Waals surface area contributed by atoms with Crippen LogP contribution >= 0.6 is 0 Å². The van der Waals surface area contributed by atoms with Gasteiger partial charge in [0.1, 0.15) is 11.5 Å². The first kappa shape index (κ1) is 17.2. The van der Waals surface area contributed by atoms with Crippen molar-refractivity contribution in [3.05, 3.63) is 47.7 Å². The Kier molecular flexibility index (Phi) is 6.04. The fraction of sp³-hybridized carbons (Fsp3) is 0.474. The second-order valence-electron chi connectivity index (χ2n) is 6.19. The van der Waals surface area contributed by atoms with Crippen LogP contribution in [0.3, 0.4) is 0 Å². The topological polar surface area (TPSA) is 57.9 Å². The van der Waals surface area contributed by atoms with Crippen molar-refractivity contribution in [3.63, 3.8) is 0 Å². The van der Waals surface area contributed by atoms with Gasteiger partial charge in [0.2, 0.25) is 0 Å². The number of ether oxygens (including phenoxy) is 1. The Morgan fingerprint density at radius 2 is 1.88 bits per heavy atom. The molecule has 5 nitrogen and oxygen atoms in total. The summed E-state index contributed by atoms with van der Waals surface area (Å²) in [5.41, 5.74) is 1.94. The first-order valence-electron chi connectivity index (χ1n) is 8.60. The van der Waals surface area contributed by atoms with E-state index in [2.05, 4.69) is 10.2 Å². The van der Waals surface area contributed by atoms with Gasteiger partial charge < -0.3 is 19.6 Å². The molecule has 0 spiro atoms. The van der Waals surface area contributed by atoms with E-state index < -0.39 is 6.10 Å². The van der Waals surface area contributed by atoms with Crippen LogP contribution in [-0.2, 0) is 11.3 Å². The van der Waals surface area contributed by atoms with E-state index in [1.54, 1.807) is 6.92 Å². The molecule has 24 heavy (non-hydrogen) atoms. The lowest BCUT2D eigenvalue weighted by Crippen LogP contribution is -2.40. The Balaban J connectivity index is 1.46. The highest BCUT2D eigenvalue weighted by Gasteiger charge is 2.10. The number of benzene rings is 1. The Hall–Kier alpha value is -1.66. The van der Waals surface area contributed by atoms with Gasteiger partial charge in [0.05, 0.1) is 25.9 Å². The minimum absolute atomic E-state index is 0.443. The number of rotatable bonds is 7. The molecule has 5 heteroatoms. The molecule has 1 saturated heterocycles. The van der Waals surface area contributed by atoms with E-state index in [0.29, 0.717) is 0 Å². The van der Waals surface area contributed by atoms with Crippen molar-refractivity contribution in [2.75, 3.05) is 39.4 Å². The Labute approximate surface area is 143 Å². The second kappa shape index (κ2) is 8.44. The zero-order valence-corrected chi connectivity index (χ0v) is 14.2. The molecule has 0 bridgehead atoms. The van der Waals surface area contributed by atoms with E-state index >= 15 is 0 Å². The number of hydrogen-bond donors (Lipinski definition) is 2. The molecule has 130 valence electrons. The molecule has 0 aliphatic carbocycles. The van der Waals surface area contributed by atoms with Gasteiger partial charge in [-0.2, -0.15) is 0 Å². The SMILES string of the molecule is CC(O)c1ccc(-c2ccc(CNCCN3CCOCC3)o2)cc1. The first-order valence-corrected chi connectivity index (χ1v) is 8.60. The molecule has 3 rings (SSSR count). The largest absolute Gasteiger partial charge is 0.460 e. The molecule has 1 fully saturated rings. The van der Waals surface area contributed by atoms with Crippen molar-refractivity contribution >= 4 is 0 Å². The zero-order valence-electron chi connectivity index (χ0n) is 14.2. The Bertz CT molecular complexity index is 616. The van der Waals surface area contributed by atoms with Gasteiger partial charge in [0.15, 0.2) is 0 Å². The van der Waals surface area contributed by atoms with Crippen molar-refractivity contribution in [1.29, 1.82) is 0 Å². The van der Waals surface area contributed by atoms with Crippen LogP contribution in [-0.4, -0.2) is 49.4 Å². The number of hydrogen-bond acceptors (Lipinski definition) is 5. The molecule has 0 amide bonds. The molecule has 0 saturated carbocycles. The summed E-state index contributed by atoms with van der Waals surface area (Å²) in [5.74, 6) is 1.80. The summed E-state index contributed by atoms with van der Waals surface area (Å²) in [7, 11) is 0. The molecule has 1 aromatic carbocycles. The van der Waals surface area contributed by atoms with Crippen LogP contribution in [0.5, 0.6) is 0 Å². The van der Waals surface area contributed by atoms with Crippen LogP contribution in [0.1, 0.15) is 24.4 Å². The number of nitrogens with zero attached hydrogens (tertiary/aromatic N) is 1. The normalized spacial score (nSPS) is 17.1. The molecule has 1 aliphatic rings. The molecule has 1 aliphatic heterocycles. The monoisotopic (exact) mass is 330 g/mol. The summed E-state index contributed by atoms with van der Waals surface area (Å²) in [4.78, 5) is 2.41. The van der Waals surface area contributed by atoms with E-state index in [4.69, 9.17) is 9.15 Å². The van der Waals surface area contributed by atoms with Crippen molar-refractivity contribution < 1.29 is 14.3 Å². The summed E-state index contributed by atoms with van der Waals surface area (Å²) in [6.45, 7) is 8.21.